The van der Waals surface area contributed by atoms with E-state index < -0.39 is 0 Å². The molecule has 0 unspecified atom stereocenters. The predicted molar refractivity (Wildman–Crippen MR) is 101 cm³/mol. The second-order valence-corrected chi connectivity index (χ2v) is 6.75. The number of amides is 2. The van der Waals surface area contributed by atoms with Gasteiger partial charge in [-0.3, -0.25) is 9.59 Å². The van der Waals surface area contributed by atoms with Crippen LogP contribution >= 0.6 is 0 Å². The SMILES string of the molecule is COc1ccc(C)cc1C(=O)N1CCN(C(=O)c2ccc(C)c(F)c2)CC1. The van der Waals surface area contributed by atoms with E-state index in [0.29, 0.717) is 48.6 Å². The molecule has 3 rings (SSSR count). The number of benzene rings is 2. The summed E-state index contributed by atoms with van der Waals surface area (Å²) in [7, 11) is 1.54. The molecule has 5 nitrogen and oxygen atoms in total. The lowest BCUT2D eigenvalue weighted by Gasteiger charge is -2.35. The summed E-state index contributed by atoms with van der Waals surface area (Å²) < 4.78 is 19.0. The first kappa shape index (κ1) is 18.9. The number of carbonyl (C=O) groups is 2. The Morgan fingerprint density at radius 1 is 0.926 bits per heavy atom. The molecule has 1 saturated heterocycles. The van der Waals surface area contributed by atoms with Crippen molar-refractivity contribution in [3.8, 4) is 5.75 Å². The fourth-order valence-electron chi connectivity index (χ4n) is 3.18. The maximum absolute atomic E-state index is 13.7. The summed E-state index contributed by atoms with van der Waals surface area (Å²) in [4.78, 5) is 28.8. The highest BCUT2D eigenvalue weighted by molar-refractivity contribution is 5.98. The maximum Gasteiger partial charge on any atom is 0.257 e. The molecule has 1 heterocycles. The molecule has 6 heteroatoms. The topological polar surface area (TPSA) is 49.9 Å². The van der Waals surface area contributed by atoms with Crippen molar-refractivity contribution in [1.29, 1.82) is 0 Å². The van der Waals surface area contributed by atoms with Crippen LogP contribution in [0.15, 0.2) is 36.4 Å². The molecule has 0 spiro atoms. The van der Waals surface area contributed by atoms with Crippen molar-refractivity contribution in [1.82, 2.24) is 9.80 Å². The van der Waals surface area contributed by atoms with E-state index in [1.165, 1.54) is 6.07 Å². The van der Waals surface area contributed by atoms with Crippen LogP contribution in [0.2, 0.25) is 0 Å². The van der Waals surface area contributed by atoms with Crippen LogP contribution in [0.25, 0.3) is 0 Å². The molecule has 0 radical (unpaired) electrons. The van der Waals surface area contributed by atoms with Gasteiger partial charge < -0.3 is 14.5 Å². The van der Waals surface area contributed by atoms with Crippen molar-refractivity contribution in [2.24, 2.45) is 0 Å². The molecular formula is C21H23FN2O3. The molecule has 1 aliphatic rings. The Labute approximate surface area is 158 Å². The lowest BCUT2D eigenvalue weighted by Crippen LogP contribution is -2.50. The second kappa shape index (κ2) is 7.78. The smallest absolute Gasteiger partial charge is 0.257 e. The van der Waals surface area contributed by atoms with Gasteiger partial charge in [-0.1, -0.05) is 17.7 Å². The Bertz CT molecular complexity index is 874. The van der Waals surface area contributed by atoms with Crippen molar-refractivity contribution in [3.05, 3.63) is 64.5 Å². The fourth-order valence-corrected chi connectivity index (χ4v) is 3.18. The Kier molecular flexibility index (Phi) is 5.44. The predicted octanol–water partition coefficient (Wildman–Crippen LogP) is 3.05. The van der Waals surface area contributed by atoms with Crippen LogP contribution in [0.1, 0.15) is 31.8 Å². The third-order valence-electron chi connectivity index (χ3n) is 4.86. The first-order chi connectivity index (χ1) is 12.9. The first-order valence-electron chi connectivity index (χ1n) is 8.90. The number of nitrogens with zero attached hydrogens (tertiary/aromatic N) is 2. The Morgan fingerprint density at radius 3 is 2.15 bits per heavy atom. The second-order valence-electron chi connectivity index (χ2n) is 6.75. The lowest BCUT2D eigenvalue weighted by molar-refractivity contribution is 0.0533. The van der Waals surface area contributed by atoms with E-state index in [0.717, 1.165) is 5.56 Å². The van der Waals surface area contributed by atoms with E-state index >= 15 is 0 Å². The summed E-state index contributed by atoms with van der Waals surface area (Å²) >= 11 is 0. The largest absolute Gasteiger partial charge is 0.496 e. The van der Waals surface area contributed by atoms with Gasteiger partial charge in [0.05, 0.1) is 12.7 Å². The molecule has 0 N–H and O–H groups in total. The average Bonchev–Trinajstić information content (AvgIpc) is 2.69. The highest BCUT2D eigenvalue weighted by Gasteiger charge is 2.27. The number of piperazine rings is 1. The molecule has 0 aromatic heterocycles. The van der Waals surface area contributed by atoms with Crippen LogP contribution in [0, 0.1) is 19.7 Å². The summed E-state index contributed by atoms with van der Waals surface area (Å²) in [5.41, 5.74) is 2.35. The minimum atomic E-state index is -0.388. The number of carbonyl (C=O) groups excluding carboxylic acids is 2. The number of ether oxygens (including phenoxy) is 1. The molecule has 27 heavy (non-hydrogen) atoms. The highest BCUT2D eigenvalue weighted by Crippen LogP contribution is 2.22. The Balaban J connectivity index is 1.68. The van der Waals surface area contributed by atoms with Crippen molar-refractivity contribution < 1.29 is 18.7 Å². The van der Waals surface area contributed by atoms with Crippen molar-refractivity contribution in [2.75, 3.05) is 33.3 Å². The molecular weight excluding hydrogens is 347 g/mol. The van der Waals surface area contributed by atoms with Gasteiger partial charge in [-0.2, -0.15) is 0 Å². The normalized spacial score (nSPS) is 14.2. The number of halogens is 1. The molecule has 0 bridgehead atoms. The monoisotopic (exact) mass is 370 g/mol. The van der Waals surface area contributed by atoms with Crippen LogP contribution in [0.3, 0.4) is 0 Å². The van der Waals surface area contributed by atoms with Crippen molar-refractivity contribution >= 4 is 11.8 Å². The summed E-state index contributed by atoms with van der Waals surface area (Å²) in [6.07, 6.45) is 0. The van der Waals surface area contributed by atoms with E-state index in [1.807, 2.05) is 19.1 Å². The van der Waals surface area contributed by atoms with Gasteiger partial charge in [-0.25, -0.2) is 4.39 Å². The minimum absolute atomic E-state index is 0.107. The van der Waals surface area contributed by atoms with Gasteiger partial charge in [0.15, 0.2) is 0 Å². The quantitative estimate of drug-likeness (QED) is 0.834. The van der Waals surface area contributed by atoms with Crippen LogP contribution < -0.4 is 4.74 Å². The zero-order valence-corrected chi connectivity index (χ0v) is 15.8. The van der Waals surface area contributed by atoms with Gasteiger partial charge in [0, 0.05) is 31.7 Å². The molecule has 2 aromatic rings. The summed E-state index contributed by atoms with van der Waals surface area (Å²) in [5.74, 6) is -0.168. The lowest BCUT2D eigenvalue weighted by atomic mass is 10.1. The van der Waals surface area contributed by atoms with Gasteiger partial charge in [0.2, 0.25) is 0 Å². The van der Waals surface area contributed by atoms with E-state index in [2.05, 4.69) is 0 Å². The third kappa shape index (κ3) is 3.94. The molecule has 142 valence electrons. The summed E-state index contributed by atoms with van der Waals surface area (Å²) in [5, 5.41) is 0. The van der Waals surface area contributed by atoms with Gasteiger partial charge in [-0.15, -0.1) is 0 Å². The van der Waals surface area contributed by atoms with E-state index in [-0.39, 0.29) is 17.6 Å². The van der Waals surface area contributed by atoms with Crippen LogP contribution in [0.4, 0.5) is 4.39 Å². The van der Waals surface area contributed by atoms with Crippen molar-refractivity contribution in [2.45, 2.75) is 13.8 Å². The standard InChI is InChI=1S/C21H23FN2O3/c1-14-4-7-19(27-3)17(12-14)21(26)24-10-8-23(9-11-24)20(25)16-6-5-15(2)18(22)13-16/h4-7,12-13H,8-11H2,1-3H3. The average molecular weight is 370 g/mol. The van der Waals surface area contributed by atoms with Gasteiger partial charge in [-0.05, 0) is 43.7 Å². The highest BCUT2D eigenvalue weighted by atomic mass is 19.1. The number of rotatable bonds is 3. The van der Waals surface area contributed by atoms with Gasteiger partial charge in [0.25, 0.3) is 11.8 Å². The summed E-state index contributed by atoms with van der Waals surface area (Å²) in [6, 6.07) is 10.0. The van der Waals surface area contributed by atoms with Crippen LogP contribution in [-0.4, -0.2) is 54.9 Å². The fraction of sp³-hybridized carbons (Fsp3) is 0.333. The summed E-state index contributed by atoms with van der Waals surface area (Å²) in [6.45, 7) is 5.26. The van der Waals surface area contributed by atoms with E-state index in [4.69, 9.17) is 4.74 Å². The molecule has 1 aliphatic heterocycles. The zero-order valence-electron chi connectivity index (χ0n) is 15.8. The molecule has 2 amide bonds. The zero-order chi connectivity index (χ0) is 19.6. The van der Waals surface area contributed by atoms with Crippen LogP contribution in [-0.2, 0) is 0 Å². The maximum atomic E-state index is 13.7. The van der Waals surface area contributed by atoms with E-state index in [9.17, 15) is 14.0 Å². The van der Waals surface area contributed by atoms with Gasteiger partial charge in [0.1, 0.15) is 11.6 Å². The Morgan fingerprint density at radius 2 is 1.56 bits per heavy atom. The third-order valence-corrected chi connectivity index (χ3v) is 4.86. The number of hydrogen-bond acceptors (Lipinski definition) is 3. The minimum Gasteiger partial charge on any atom is -0.496 e. The molecule has 0 atom stereocenters. The molecule has 0 aliphatic carbocycles. The Hall–Kier alpha value is -2.89. The van der Waals surface area contributed by atoms with E-state index in [1.54, 1.807) is 42.0 Å². The van der Waals surface area contributed by atoms with Crippen molar-refractivity contribution in [3.63, 3.8) is 0 Å². The number of aryl methyl sites for hydroxylation is 2. The molecule has 0 saturated carbocycles. The first-order valence-corrected chi connectivity index (χ1v) is 8.90. The van der Waals surface area contributed by atoms with Gasteiger partial charge >= 0.3 is 0 Å². The van der Waals surface area contributed by atoms with Crippen LogP contribution in [0.5, 0.6) is 5.75 Å². The number of methoxy groups -OCH3 is 1. The number of hydrogen-bond donors (Lipinski definition) is 0. The molecule has 1 fully saturated rings. The molecule has 2 aromatic carbocycles.